The van der Waals surface area contributed by atoms with Gasteiger partial charge in [-0.25, -0.2) is 0 Å². The SMILES string of the molecule is Cc1ccc(C(=O)/C=C/c2cc(I)c(OCc3ccc([N+](=O)[O-])cc3)c(I)c2)cc1. The van der Waals surface area contributed by atoms with Crippen LogP contribution in [0.1, 0.15) is 27.0 Å². The van der Waals surface area contributed by atoms with Crippen molar-refractivity contribution in [2.24, 2.45) is 0 Å². The van der Waals surface area contributed by atoms with Gasteiger partial charge in [-0.2, -0.15) is 0 Å². The molecule has 0 amide bonds. The summed E-state index contributed by atoms with van der Waals surface area (Å²) in [6.45, 7) is 2.30. The standard InChI is InChI=1S/C23H17I2NO4/c1-15-2-7-18(8-3-15)22(27)11-6-17-12-20(24)23(21(25)13-17)30-14-16-4-9-19(10-5-16)26(28)29/h2-13H,14H2,1H3/b11-6+. The van der Waals surface area contributed by atoms with E-state index in [0.717, 1.165) is 29.6 Å². The topological polar surface area (TPSA) is 69.4 Å². The van der Waals surface area contributed by atoms with Gasteiger partial charge in [0.05, 0.1) is 12.1 Å². The normalized spacial score (nSPS) is 10.9. The van der Waals surface area contributed by atoms with E-state index >= 15 is 0 Å². The van der Waals surface area contributed by atoms with E-state index in [9.17, 15) is 14.9 Å². The summed E-state index contributed by atoms with van der Waals surface area (Å²) in [6.07, 6.45) is 3.37. The van der Waals surface area contributed by atoms with Crippen LogP contribution in [0.4, 0.5) is 5.69 Å². The van der Waals surface area contributed by atoms with E-state index in [2.05, 4.69) is 45.2 Å². The summed E-state index contributed by atoms with van der Waals surface area (Å²) in [4.78, 5) is 22.7. The fourth-order valence-corrected chi connectivity index (χ4v) is 4.80. The molecule has 30 heavy (non-hydrogen) atoms. The second kappa shape index (κ2) is 10.2. The number of halogens is 2. The number of nitro groups is 1. The van der Waals surface area contributed by atoms with Crippen LogP contribution < -0.4 is 4.74 Å². The number of allylic oxidation sites excluding steroid dienone is 1. The molecule has 3 aromatic rings. The van der Waals surface area contributed by atoms with Crippen LogP contribution in [0.15, 0.2) is 66.7 Å². The second-order valence-corrected chi connectivity index (χ2v) is 8.91. The number of aryl methyl sites for hydroxylation is 1. The third kappa shape index (κ3) is 5.88. The average molecular weight is 625 g/mol. The zero-order valence-electron chi connectivity index (χ0n) is 16.0. The molecule has 5 nitrogen and oxygen atoms in total. The van der Waals surface area contributed by atoms with Gasteiger partial charge in [-0.15, -0.1) is 0 Å². The molecule has 0 atom stereocenters. The molecule has 7 heteroatoms. The van der Waals surface area contributed by atoms with Gasteiger partial charge in [0.2, 0.25) is 0 Å². The number of hydrogen-bond donors (Lipinski definition) is 0. The van der Waals surface area contributed by atoms with Crippen molar-refractivity contribution >= 4 is 62.7 Å². The van der Waals surface area contributed by atoms with Gasteiger partial charge < -0.3 is 4.74 Å². The Balaban J connectivity index is 1.69. The summed E-state index contributed by atoms with van der Waals surface area (Å²) in [5, 5.41) is 10.7. The highest BCUT2D eigenvalue weighted by Crippen LogP contribution is 2.30. The van der Waals surface area contributed by atoms with Gasteiger partial charge >= 0.3 is 0 Å². The molecule has 3 rings (SSSR count). The minimum atomic E-state index is -0.424. The number of benzene rings is 3. The average Bonchev–Trinajstić information content (AvgIpc) is 2.72. The molecule has 0 fully saturated rings. The highest BCUT2D eigenvalue weighted by atomic mass is 127. The Morgan fingerprint density at radius 1 is 1.03 bits per heavy atom. The van der Waals surface area contributed by atoms with Crippen molar-refractivity contribution in [3.05, 3.63) is 106 Å². The van der Waals surface area contributed by atoms with Gasteiger partial charge in [0.1, 0.15) is 12.4 Å². The van der Waals surface area contributed by atoms with Gasteiger partial charge in [0.25, 0.3) is 5.69 Å². The van der Waals surface area contributed by atoms with Crippen LogP contribution >= 0.6 is 45.2 Å². The third-order valence-electron chi connectivity index (χ3n) is 4.31. The Labute approximate surface area is 201 Å². The maximum Gasteiger partial charge on any atom is 0.269 e. The molecule has 0 radical (unpaired) electrons. The molecule has 0 saturated carbocycles. The predicted octanol–water partition coefficient (Wildman–Crippen LogP) is 6.59. The molecule has 0 aliphatic heterocycles. The van der Waals surface area contributed by atoms with Gasteiger partial charge in [-0.05, 0) is 93.6 Å². The number of ketones is 1. The number of nitro benzene ring substituents is 1. The lowest BCUT2D eigenvalue weighted by molar-refractivity contribution is -0.384. The molecule has 0 aliphatic carbocycles. The highest BCUT2D eigenvalue weighted by molar-refractivity contribution is 14.1. The number of carbonyl (C=O) groups excluding carboxylic acids is 1. The first-order valence-corrected chi connectivity index (χ1v) is 11.1. The van der Waals surface area contributed by atoms with Crippen molar-refractivity contribution in [3.63, 3.8) is 0 Å². The Morgan fingerprint density at radius 2 is 1.63 bits per heavy atom. The largest absolute Gasteiger partial charge is 0.487 e. The van der Waals surface area contributed by atoms with Crippen LogP contribution in [0.2, 0.25) is 0 Å². The lowest BCUT2D eigenvalue weighted by Gasteiger charge is -2.11. The van der Waals surface area contributed by atoms with E-state index in [0.29, 0.717) is 12.2 Å². The fourth-order valence-electron chi connectivity index (χ4n) is 2.67. The maximum absolute atomic E-state index is 12.3. The first kappa shape index (κ1) is 22.4. The lowest BCUT2D eigenvalue weighted by atomic mass is 10.1. The summed E-state index contributed by atoms with van der Waals surface area (Å²) < 4.78 is 7.78. The molecular weight excluding hydrogens is 608 g/mol. The zero-order valence-corrected chi connectivity index (χ0v) is 20.3. The maximum atomic E-state index is 12.3. The molecule has 0 saturated heterocycles. The molecule has 0 spiro atoms. The van der Waals surface area contributed by atoms with Crippen molar-refractivity contribution in [2.45, 2.75) is 13.5 Å². The summed E-state index contributed by atoms with van der Waals surface area (Å²) in [7, 11) is 0. The summed E-state index contributed by atoms with van der Waals surface area (Å²) >= 11 is 4.41. The molecular formula is C23H17I2NO4. The predicted molar refractivity (Wildman–Crippen MR) is 134 cm³/mol. The fraction of sp³-hybridized carbons (Fsp3) is 0.0870. The molecule has 0 aliphatic rings. The van der Waals surface area contributed by atoms with E-state index in [1.54, 1.807) is 24.3 Å². The molecule has 0 unspecified atom stereocenters. The second-order valence-electron chi connectivity index (χ2n) is 6.59. The van der Waals surface area contributed by atoms with Gasteiger partial charge in [-0.3, -0.25) is 14.9 Å². The number of non-ortho nitro benzene ring substituents is 1. The van der Waals surface area contributed by atoms with Gasteiger partial charge in [-0.1, -0.05) is 35.9 Å². The van der Waals surface area contributed by atoms with Crippen molar-refractivity contribution in [3.8, 4) is 5.75 Å². The summed E-state index contributed by atoms with van der Waals surface area (Å²) in [5.74, 6) is 0.704. The van der Waals surface area contributed by atoms with E-state index < -0.39 is 4.92 Å². The van der Waals surface area contributed by atoms with Gasteiger partial charge in [0, 0.05) is 17.7 Å². The minimum Gasteiger partial charge on any atom is -0.487 e. The molecule has 3 aromatic carbocycles. The monoisotopic (exact) mass is 625 g/mol. The lowest BCUT2D eigenvalue weighted by Crippen LogP contribution is -2.00. The van der Waals surface area contributed by atoms with E-state index in [-0.39, 0.29) is 11.5 Å². The summed E-state index contributed by atoms with van der Waals surface area (Å²) in [5.41, 5.74) is 3.58. The smallest absolute Gasteiger partial charge is 0.269 e. The first-order valence-electron chi connectivity index (χ1n) is 8.98. The van der Waals surface area contributed by atoms with Crippen LogP contribution in [0, 0.1) is 24.2 Å². The van der Waals surface area contributed by atoms with E-state index in [4.69, 9.17) is 4.74 Å². The van der Waals surface area contributed by atoms with Crippen LogP contribution in [0.25, 0.3) is 6.08 Å². The number of ether oxygens (including phenoxy) is 1. The Hall–Kier alpha value is -2.27. The Morgan fingerprint density at radius 3 is 2.20 bits per heavy atom. The Kier molecular flexibility index (Phi) is 7.59. The van der Waals surface area contributed by atoms with Crippen molar-refractivity contribution in [2.75, 3.05) is 0 Å². The van der Waals surface area contributed by atoms with Crippen LogP contribution in [0.5, 0.6) is 5.75 Å². The number of rotatable bonds is 7. The van der Waals surface area contributed by atoms with Crippen molar-refractivity contribution in [1.82, 2.24) is 0 Å². The molecule has 152 valence electrons. The van der Waals surface area contributed by atoms with Crippen molar-refractivity contribution < 1.29 is 14.5 Å². The molecule has 0 N–H and O–H groups in total. The minimum absolute atomic E-state index is 0.0430. The molecule has 0 aromatic heterocycles. The van der Waals surface area contributed by atoms with Crippen LogP contribution in [-0.4, -0.2) is 10.7 Å². The van der Waals surface area contributed by atoms with Gasteiger partial charge in [0.15, 0.2) is 5.78 Å². The summed E-state index contributed by atoms with van der Waals surface area (Å²) in [6, 6.07) is 17.7. The highest BCUT2D eigenvalue weighted by Gasteiger charge is 2.10. The van der Waals surface area contributed by atoms with Crippen LogP contribution in [0.3, 0.4) is 0 Å². The third-order valence-corrected chi connectivity index (χ3v) is 5.92. The Bertz CT molecular complexity index is 1080. The number of carbonyl (C=O) groups is 1. The van der Waals surface area contributed by atoms with E-state index in [1.165, 1.54) is 12.1 Å². The first-order chi connectivity index (χ1) is 14.3. The quantitative estimate of drug-likeness (QED) is 0.0978. The number of hydrogen-bond acceptors (Lipinski definition) is 4. The van der Waals surface area contributed by atoms with E-state index in [1.807, 2.05) is 43.3 Å². The van der Waals surface area contributed by atoms with Crippen LogP contribution in [-0.2, 0) is 6.61 Å². The zero-order chi connectivity index (χ0) is 21.7. The van der Waals surface area contributed by atoms with Crippen molar-refractivity contribution in [1.29, 1.82) is 0 Å². The molecule has 0 heterocycles. The molecule has 0 bridgehead atoms. The number of nitrogens with zero attached hydrogens (tertiary/aromatic N) is 1.